The molecule has 3 heterocycles. The van der Waals surface area contributed by atoms with E-state index in [0.29, 0.717) is 30.2 Å². The van der Waals surface area contributed by atoms with Crippen LogP contribution in [-0.2, 0) is 0 Å². The summed E-state index contributed by atoms with van der Waals surface area (Å²) < 4.78 is 14.0. The molecule has 0 aliphatic carbocycles. The van der Waals surface area contributed by atoms with Gasteiger partial charge in [0.05, 0.1) is 18.2 Å². The van der Waals surface area contributed by atoms with Crippen LogP contribution >= 0.6 is 15.9 Å². The second kappa shape index (κ2) is 9.04. The van der Waals surface area contributed by atoms with Gasteiger partial charge in [0.15, 0.2) is 17.1 Å². The van der Waals surface area contributed by atoms with Crippen molar-refractivity contribution in [1.29, 1.82) is 0 Å². The average molecular weight is 473 g/mol. The van der Waals surface area contributed by atoms with Crippen molar-refractivity contribution in [3.05, 3.63) is 52.4 Å². The third-order valence-electron chi connectivity index (χ3n) is 5.34. The zero-order valence-corrected chi connectivity index (χ0v) is 18.8. The van der Waals surface area contributed by atoms with Crippen molar-refractivity contribution in [2.75, 3.05) is 26.8 Å². The van der Waals surface area contributed by atoms with E-state index in [4.69, 9.17) is 9.47 Å². The minimum atomic E-state index is -0.0189. The van der Waals surface area contributed by atoms with Gasteiger partial charge < -0.3 is 14.4 Å². The predicted octanol–water partition coefficient (Wildman–Crippen LogP) is 4.31. The Kier molecular flexibility index (Phi) is 6.22. The van der Waals surface area contributed by atoms with Gasteiger partial charge in [-0.05, 0) is 59.5 Å². The van der Waals surface area contributed by atoms with Crippen molar-refractivity contribution < 1.29 is 14.3 Å². The van der Waals surface area contributed by atoms with E-state index in [9.17, 15) is 4.79 Å². The van der Waals surface area contributed by atoms with Crippen molar-refractivity contribution >= 4 is 27.5 Å². The summed E-state index contributed by atoms with van der Waals surface area (Å²) in [5, 5.41) is 8.66. The van der Waals surface area contributed by atoms with Gasteiger partial charge in [-0.25, -0.2) is 0 Å². The van der Waals surface area contributed by atoms with Crippen LogP contribution in [0.25, 0.3) is 5.65 Å². The number of amides is 1. The number of ether oxygens (including phenoxy) is 2. The maximum Gasteiger partial charge on any atom is 0.254 e. The zero-order valence-electron chi connectivity index (χ0n) is 17.2. The molecule has 0 spiro atoms. The quantitative estimate of drug-likeness (QED) is 0.534. The molecule has 1 saturated heterocycles. The van der Waals surface area contributed by atoms with Gasteiger partial charge in [0, 0.05) is 30.8 Å². The molecule has 0 radical (unpaired) electrons. The van der Waals surface area contributed by atoms with Crippen molar-refractivity contribution in [2.24, 2.45) is 0 Å². The number of nitrogens with zero attached hydrogens (tertiary/aromatic N) is 4. The smallest absolute Gasteiger partial charge is 0.254 e. The minimum absolute atomic E-state index is 0.0189. The number of halogens is 1. The second-order valence-electron chi connectivity index (χ2n) is 7.42. The number of methoxy groups -OCH3 is 1. The van der Waals surface area contributed by atoms with Crippen LogP contribution in [0.5, 0.6) is 11.5 Å². The zero-order chi connectivity index (χ0) is 21.1. The summed E-state index contributed by atoms with van der Waals surface area (Å²) in [6, 6.07) is 9.43. The fourth-order valence-corrected chi connectivity index (χ4v) is 4.44. The van der Waals surface area contributed by atoms with Crippen molar-refractivity contribution in [3.8, 4) is 11.5 Å². The first-order valence-electron chi connectivity index (χ1n) is 10.2. The molecule has 1 unspecified atom stereocenters. The van der Waals surface area contributed by atoms with Crippen LogP contribution in [0.4, 0.5) is 0 Å². The van der Waals surface area contributed by atoms with Crippen LogP contribution in [0.1, 0.15) is 48.3 Å². The Hall–Kier alpha value is -2.61. The molecule has 1 atom stereocenters. The van der Waals surface area contributed by atoms with E-state index in [1.54, 1.807) is 13.2 Å². The van der Waals surface area contributed by atoms with Gasteiger partial charge >= 0.3 is 0 Å². The Labute approximate surface area is 184 Å². The molecule has 158 valence electrons. The number of hydrogen-bond donors (Lipinski definition) is 0. The van der Waals surface area contributed by atoms with Gasteiger partial charge in [0.1, 0.15) is 5.82 Å². The first kappa shape index (κ1) is 20.7. The highest BCUT2D eigenvalue weighted by Crippen LogP contribution is 2.37. The van der Waals surface area contributed by atoms with E-state index in [1.807, 2.05) is 46.7 Å². The molecule has 1 aliphatic rings. The maximum absolute atomic E-state index is 13.3. The third-order valence-corrected chi connectivity index (χ3v) is 5.93. The molecule has 1 aromatic carbocycles. The van der Waals surface area contributed by atoms with E-state index in [-0.39, 0.29) is 11.8 Å². The number of fused-ring (bicyclic) bond motifs is 1. The third kappa shape index (κ3) is 4.01. The number of benzene rings is 1. The van der Waals surface area contributed by atoms with Crippen LogP contribution in [0.3, 0.4) is 0 Å². The Morgan fingerprint density at radius 3 is 2.97 bits per heavy atom. The molecule has 8 heteroatoms. The molecule has 1 aliphatic heterocycles. The van der Waals surface area contributed by atoms with E-state index < -0.39 is 0 Å². The second-order valence-corrected chi connectivity index (χ2v) is 8.27. The lowest BCUT2D eigenvalue weighted by molar-refractivity contribution is 0.0703. The minimum Gasteiger partial charge on any atom is -0.493 e. The lowest BCUT2D eigenvalue weighted by Crippen LogP contribution is -2.39. The fraction of sp³-hybridized carbons (Fsp3) is 0.409. The summed E-state index contributed by atoms with van der Waals surface area (Å²) >= 11 is 3.53. The Bertz CT molecular complexity index is 1050. The molecule has 7 nitrogen and oxygen atoms in total. The highest BCUT2D eigenvalue weighted by atomic mass is 79.9. The highest BCUT2D eigenvalue weighted by molar-refractivity contribution is 9.10. The molecule has 0 saturated carbocycles. The van der Waals surface area contributed by atoms with Crippen LogP contribution < -0.4 is 9.47 Å². The lowest BCUT2D eigenvalue weighted by Gasteiger charge is -2.32. The summed E-state index contributed by atoms with van der Waals surface area (Å²) in [6.07, 6.45) is 4.77. The molecule has 4 rings (SSSR count). The normalized spacial score (nSPS) is 16.6. The summed E-state index contributed by atoms with van der Waals surface area (Å²) in [5.41, 5.74) is 1.40. The van der Waals surface area contributed by atoms with Crippen molar-refractivity contribution in [2.45, 2.75) is 32.1 Å². The fourth-order valence-electron chi connectivity index (χ4n) is 3.88. The molecule has 30 heavy (non-hydrogen) atoms. The Morgan fingerprint density at radius 2 is 2.17 bits per heavy atom. The van der Waals surface area contributed by atoms with Gasteiger partial charge in [-0.3, -0.25) is 9.20 Å². The Morgan fingerprint density at radius 1 is 1.30 bits per heavy atom. The molecule has 0 bridgehead atoms. The van der Waals surface area contributed by atoms with Crippen LogP contribution in [0.2, 0.25) is 0 Å². The SMILES string of the molecule is CCCOc1c(Br)cc(C(=O)N2CCCC(c3nnc4ccccn34)C2)cc1OC. The maximum atomic E-state index is 13.3. The van der Waals surface area contributed by atoms with Crippen molar-refractivity contribution in [3.63, 3.8) is 0 Å². The molecule has 2 aromatic heterocycles. The van der Waals surface area contributed by atoms with Gasteiger partial charge in [-0.1, -0.05) is 13.0 Å². The van der Waals surface area contributed by atoms with Crippen LogP contribution in [0.15, 0.2) is 41.0 Å². The molecular weight excluding hydrogens is 448 g/mol. The predicted molar refractivity (Wildman–Crippen MR) is 117 cm³/mol. The Balaban J connectivity index is 1.56. The average Bonchev–Trinajstić information content (AvgIpc) is 3.21. The van der Waals surface area contributed by atoms with Gasteiger partial charge in [0.25, 0.3) is 5.91 Å². The topological polar surface area (TPSA) is 69.0 Å². The summed E-state index contributed by atoms with van der Waals surface area (Å²) in [7, 11) is 1.59. The standard InChI is InChI=1S/C22H25BrN4O3/c1-3-11-30-20-17(23)12-16(13-18(20)29-2)22(28)26-9-6-7-15(14-26)21-25-24-19-8-4-5-10-27(19)21/h4-5,8,10,12-13,15H,3,6-7,9,11,14H2,1-2H3. The van der Waals surface area contributed by atoms with Gasteiger partial charge in [-0.15, -0.1) is 10.2 Å². The van der Waals surface area contributed by atoms with E-state index in [1.165, 1.54) is 0 Å². The number of carbonyl (C=O) groups is 1. The number of pyridine rings is 1. The molecular formula is C22H25BrN4O3. The monoisotopic (exact) mass is 472 g/mol. The number of piperidine rings is 1. The number of likely N-dealkylation sites (tertiary alicyclic amines) is 1. The molecule has 1 amide bonds. The first-order chi connectivity index (χ1) is 14.6. The van der Waals surface area contributed by atoms with E-state index in [2.05, 4.69) is 26.1 Å². The first-order valence-corrected chi connectivity index (χ1v) is 11.0. The number of rotatable bonds is 6. The van der Waals surface area contributed by atoms with Gasteiger partial charge in [0.2, 0.25) is 0 Å². The van der Waals surface area contributed by atoms with Crippen LogP contribution in [0, 0.1) is 0 Å². The number of carbonyl (C=O) groups excluding carboxylic acids is 1. The number of aromatic nitrogens is 3. The lowest BCUT2D eigenvalue weighted by atomic mass is 9.96. The molecule has 1 fully saturated rings. The molecule has 0 N–H and O–H groups in total. The van der Waals surface area contributed by atoms with Crippen molar-refractivity contribution in [1.82, 2.24) is 19.5 Å². The van der Waals surface area contributed by atoms with E-state index >= 15 is 0 Å². The highest BCUT2D eigenvalue weighted by Gasteiger charge is 2.29. The number of hydrogen-bond acceptors (Lipinski definition) is 5. The summed E-state index contributed by atoms with van der Waals surface area (Å²) in [5.74, 6) is 2.22. The van der Waals surface area contributed by atoms with E-state index in [0.717, 1.165) is 41.8 Å². The van der Waals surface area contributed by atoms with Gasteiger partial charge in [-0.2, -0.15) is 0 Å². The van der Waals surface area contributed by atoms with Crippen LogP contribution in [-0.4, -0.2) is 52.2 Å². The summed E-state index contributed by atoms with van der Waals surface area (Å²) in [6.45, 7) is 3.97. The summed E-state index contributed by atoms with van der Waals surface area (Å²) in [4.78, 5) is 15.2. The molecule has 3 aromatic rings. The largest absolute Gasteiger partial charge is 0.493 e.